The zero-order valence-corrected chi connectivity index (χ0v) is 8.49. The van der Waals surface area contributed by atoms with Crippen molar-refractivity contribution in [1.82, 2.24) is 0 Å². The van der Waals surface area contributed by atoms with Crippen LogP contribution in [0, 0.1) is 11.8 Å². The average molecular weight is 214 g/mol. The van der Waals surface area contributed by atoms with E-state index >= 15 is 0 Å². The van der Waals surface area contributed by atoms with E-state index in [2.05, 4.69) is 0 Å². The smallest absolute Gasteiger partial charge is 0.264 e. The SMILES string of the molecule is COC1CCC2C(=O)C(=O)C(=O)C2C1.O. The first-order chi connectivity index (χ1) is 6.65. The molecule has 2 aliphatic carbocycles. The van der Waals surface area contributed by atoms with Gasteiger partial charge in [0.05, 0.1) is 6.10 Å². The first kappa shape index (κ1) is 12.0. The van der Waals surface area contributed by atoms with Crippen molar-refractivity contribution in [1.29, 1.82) is 0 Å². The Morgan fingerprint density at radius 1 is 1.07 bits per heavy atom. The number of hydrogen-bond acceptors (Lipinski definition) is 4. The lowest BCUT2D eigenvalue weighted by atomic mass is 9.79. The molecule has 0 aromatic carbocycles. The maximum atomic E-state index is 11.4. The quantitative estimate of drug-likeness (QED) is 0.540. The van der Waals surface area contributed by atoms with Gasteiger partial charge in [-0.25, -0.2) is 0 Å². The molecule has 15 heavy (non-hydrogen) atoms. The fourth-order valence-corrected chi connectivity index (χ4v) is 2.41. The van der Waals surface area contributed by atoms with E-state index in [4.69, 9.17) is 4.74 Å². The normalized spacial score (nSPS) is 35.0. The monoisotopic (exact) mass is 214 g/mol. The molecule has 2 saturated carbocycles. The molecule has 2 fully saturated rings. The molecule has 5 nitrogen and oxygen atoms in total. The van der Waals surface area contributed by atoms with Crippen molar-refractivity contribution in [3.63, 3.8) is 0 Å². The second kappa shape index (κ2) is 4.20. The second-order valence-electron chi connectivity index (χ2n) is 3.94. The number of rotatable bonds is 1. The average Bonchev–Trinajstić information content (AvgIpc) is 2.44. The van der Waals surface area contributed by atoms with E-state index in [1.165, 1.54) is 0 Å². The fourth-order valence-electron chi connectivity index (χ4n) is 2.41. The number of methoxy groups -OCH3 is 1. The van der Waals surface area contributed by atoms with Gasteiger partial charge in [0, 0.05) is 18.9 Å². The van der Waals surface area contributed by atoms with Crippen LogP contribution in [0.25, 0.3) is 0 Å². The predicted molar refractivity (Wildman–Crippen MR) is 50.3 cm³/mol. The molecule has 5 heteroatoms. The van der Waals surface area contributed by atoms with Crippen molar-refractivity contribution in [3.05, 3.63) is 0 Å². The van der Waals surface area contributed by atoms with Crippen LogP contribution >= 0.6 is 0 Å². The van der Waals surface area contributed by atoms with Gasteiger partial charge in [0.2, 0.25) is 11.6 Å². The molecule has 0 saturated heterocycles. The highest BCUT2D eigenvalue weighted by Gasteiger charge is 2.50. The van der Waals surface area contributed by atoms with Crippen LogP contribution in [-0.2, 0) is 19.1 Å². The molecule has 2 rings (SSSR count). The van der Waals surface area contributed by atoms with Crippen molar-refractivity contribution < 1.29 is 24.6 Å². The molecule has 0 heterocycles. The van der Waals surface area contributed by atoms with Gasteiger partial charge in [-0.05, 0) is 19.3 Å². The minimum atomic E-state index is -0.795. The predicted octanol–water partition coefficient (Wildman–Crippen LogP) is -0.686. The minimum Gasteiger partial charge on any atom is -0.412 e. The molecule has 0 aliphatic heterocycles. The molecule has 0 spiro atoms. The van der Waals surface area contributed by atoms with Crippen LogP contribution in [0.3, 0.4) is 0 Å². The van der Waals surface area contributed by atoms with Crippen molar-refractivity contribution in [3.8, 4) is 0 Å². The maximum Gasteiger partial charge on any atom is 0.264 e. The summed E-state index contributed by atoms with van der Waals surface area (Å²) >= 11 is 0. The number of ether oxygens (including phenoxy) is 1. The molecule has 2 aliphatic rings. The highest BCUT2D eigenvalue weighted by Crippen LogP contribution is 2.37. The molecular formula is C10H14O5. The molecule has 0 aromatic heterocycles. The van der Waals surface area contributed by atoms with E-state index in [0.717, 1.165) is 6.42 Å². The van der Waals surface area contributed by atoms with E-state index in [0.29, 0.717) is 12.8 Å². The number of hydrogen-bond donors (Lipinski definition) is 0. The van der Waals surface area contributed by atoms with Crippen LogP contribution < -0.4 is 0 Å². The van der Waals surface area contributed by atoms with E-state index < -0.39 is 23.3 Å². The molecule has 3 unspecified atom stereocenters. The molecule has 0 radical (unpaired) electrons. The zero-order chi connectivity index (χ0) is 10.3. The molecule has 2 N–H and O–H groups in total. The van der Waals surface area contributed by atoms with Crippen molar-refractivity contribution in [2.24, 2.45) is 11.8 Å². The summed E-state index contributed by atoms with van der Waals surface area (Å²) in [5, 5.41) is 0. The summed E-state index contributed by atoms with van der Waals surface area (Å²) in [6, 6.07) is 0. The second-order valence-corrected chi connectivity index (χ2v) is 3.94. The van der Waals surface area contributed by atoms with Crippen molar-refractivity contribution in [2.75, 3.05) is 7.11 Å². The van der Waals surface area contributed by atoms with Crippen molar-refractivity contribution in [2.45, 2.75) is 25.4 Å². The molecule has 0 bridgehead atoms. The summed E-state index contributed by atoms with van der Waals surface area (Å²) < 4.78 is 5.14. The summed E-state index contributed by atoms with van der Waals surface area (Å²) in [6.07, 6.45) is 1.93. The van der Waals surface area contributed by atoms with Crippen LogP contribution in [0.4, 0.5) is 0 Å². The van der Waals surface area contributed by atoms with E-state index in [9.17, 15) is 14.4 Å². The van der Waals surface area contributed by atoms with Crippen molar-refractivity contribution >= 4 is 17.3 Å². The fraction of sp³-hybridized carbons (Fsp3) is 0.700. The Kier molecular flexibility index (Phi) is 3.36. The standard InChI is InChI=1S/C10H12O4.H2O/c1-14-5-2-3-6-7(4-5)9(12)10(13)8(6)11;/h5-7H,2-4H2,1H3;1H2. The molecule has 0 amide bonds. The van der Waals surface area contributed by atoms with Gasteiger partial charge >= 0.3 is 0 Å². The van der Waals surface area contributed by atoms with E-state index in [-0.39, 0.29) is 17.5 Å². The van der Waals surface area contributed by atoms with E-state index in [1.807, 2.05) is 0 Å². The van der Waals surface area contributed by atoms with Gasteiger partial charge in [0.1, 0.15) is 0 Å². The van der Waals surface area contributed by atoms with Crippen LogP contribution in [0.2, 0.25) is 0 Å². The molecule has 0 aromatic rings. The lowest BCUT2D eigenvalue weighted by Crippen LogP contribution is -2.30. The van der Waals surface area contributed by atoms with Gasteiger partial charge < -0.3 is 10.2 Å². The van der Waals surface area contributed by atoms with E-state index in [1.54, 1.807) is 7.11 Å². The third-order valence-electron chi connectivity index (χ3n) is 3.26. The Labute approximate surface area is 87.1 Å². The first-order valence-corrected chi connectivity index (χ1v) is 4.80. The first-order valence-electron chi connectivity index (χ1n) is 4.80. The highest BCUT2D eigenvalue weighted by atomic mass is 16.5. The summed E-state index contributed by atoms with van der Waals surface area (Å²) in [6.45, 7) is 0. The van der Waals surface area contributed by atoms with Gasteiger partial charge in [-0.15, -0.1) is 0 Å². The minimum absolute atomic E-state index is 0. The van der Waals surface area contributed by atoms with Gasteiger partial charge in [0.15, 0.2) is 0 Å². The number of ketones is 3. The number of carbonyl (C=O) groups excluding carboxylic acids is 3. The third kappa shape index (κ3) is 1.72. The number of carbonyl (C=O) groups is 3. The van der Waals surface area contributed by atoms with Crippen LogP contribution in [0.15, 0.2) is 0 Å². The van der Waals surface area contributed by atoms with Gasteiger partial charge in [-0.2, -0.15) is 0 Å². The summed E-state index contributed by atoms with van der Waals surface area (Å²) in [4.78, 5) is 33.8. The Bertz CT molecular complexity index is 309. The van der Waals surface area contributed by atoms with Crippen LogP contribution in [0.1, 0.15) is 19.3 Å². The lowest BCUT2D eigenvalue weighted by Gasteiger charge is -2.27. The Hall–Kier alpha value is -1.07. The topological polar surface area (TPSA) is 91.9 Å². The lowest BCUT2D eigenvalue weighted by molar-refractivity contribution is -0.141. The third-order valence-corrected chi connectivity index (χ3v) is 3.26. The van der Waals surface area contributed by atoms with Gasteiger partial charge in [0.25, 0.3) is 5.78 Å². The van der Waals surface area contributed by atoms with Gasteiger partial charge in [-0.3, -0.25) is 14.4 Å². The molecular weight excluding hydrogens is 200 g/mol. The summed E-state index contributed by atoms with van der Waals surface area (Å²) in [7, 11) is 1.59. The Morgan fingerprint density at radius 3 is 2.27 bits per heavy atom. The largest absolute Gasteiger partial charge is 0.412 e. The Balaban J connectivity index is 0.00000112. The summed E-state index contributed by atoms with van der Waals surface area (Å²) in [5.74, 6) is -2.51. The number of fused-ring (bicyclic) bond motifs is 1. The van der Waals surface area contributed by atoms with Gasteiger partial charge in [-0.1, -0.05) is 0 Å². The summed E-state index contributed by atoms with van der Waals surface area (Å²) in [5.41, 5.74) is 0. The maximum absolute atomic E-state index is 11.4. The highest BCUT2D eigenvalue weighted by molar-refractivity contribution is 6.68. The molecule has 84 valence electrons. The van der Waals surface area contributed by atoms with Crippen LogP contribution in [-0.4, -0.2) is 36.0 Å². The van der Waals surface area contributed by atoms with Crippen LogP contribution in [0.5, 0.6) is 0 Å². The Morgan fingerprint density at radius 2 is 1.67 bits per heavy atom. The zero-order valence-electron chi connectivity index (χ0n) is 8.49. The number of Topliss-reactive ketones (excluding diaryl/α,β-unsaturated/α-hetero) is 3. The molecule has 3 atom stereocenters.